The number of aliphatic carboxylic acids is 1. The molecule has 204 valence electrons. The summed E-state index contributed by atoms with van der Waals surface area (Å²) in [5.74, 6) is 1.36. The summed E-state index contributed by atoms with van der Waals surface area (Å²) in [6.45, 7) is 7.75. The topological polar surface area (TPSA) is 106 Å². The zero-order valence-electron chi connectivity index (χ0n) is 22.3. The molecular formula is C27H39N3O4S3. The fourth-order valence-electron chi connectivity index (χ4n) is 5.14. The summed E-state index contributed by atoms with van der Waals surface area (Å²) in [5, 5.41) is 33.5. The fraction of sp³-hybridized carbons (Fsp3) is 0.667. The number of aromatic hydroxyl groups is 1. The molecule has 3 aliphatic heterocycles. The molecule has 0 radical (unpaired) electrons. The van der Waals surface area contributed by atoms with Crippen LogP contribution in [0.3, 0.4) is 0 Å². The van der Waals surface area contributed by atoms with Gasteiger partial charge in [-0.15, -0.1) is 35.3 Å². The number of benzene rings is 1. The molecule has 10 heteroatoms. The number of nitrogens with zero attached hydrogens (tertiary/aromatic N) is 3. The molecule has 3 heterocycles. The van der Waals surface area contributed by atoms with Crippen molar-refractivity contribution >= 4 is 51.3 Å². The summed E-state index contributed by atoms with van der Waals surface area (Å²) < 4.78 is 0. The summed E-state index contributed by atoms with van der Waals surface area (Å²) in [6.07, 6.45) is 3.66. The number of aliphatic hydroxyl groups is 1. The second-order valence-electron chi connectivity index (χ2n) is 11.0. The van der Waals surface area contributed by atoms with Crippen molar-refractivity contribution in [3.8, 4) is 5.75 Å². The Morgan fingerprint density at radius 1 is 1.27 bits per heavy atom. The number of phenols is 1. The summed E-state index contributed by atoms with van der Waals surface area (Å²) in [5.41, 5.74) is 0.243. The first-order chi connectivity index (χ1) is 17.5. The van der Waals surface area contributed by atoms with Crippen LogP contribution in [0.4, 0.5) is 0 Å². The highest BCUT2D eigenvalue weighted by Crippen LogP contribution is 2.44. The summed E-state index contributed by atoms with van der Waals surface area (Å²) in [6, 6.07) is 5.73. The van der Waals surface area contributed by atoms with Crippen molar-refractivity contribution in [2.24, 2.45) is 15.4 Å². The van der Waals surface area contributed by atoms with Gasteiger partial charge in [-0.3, -0.25) is 14.9 Å². The molecule has 1 aromatic rings. The smallest absolute Gasteiger partial charge is 0.332 e. The second kappa shape index (κ2) is 11.5. The van der Waals surface area contributed by atoms with Crippen molar-refractivity contribution < 1.29 is 20.1 Å². The average molecular weight is 566 g/mol. The van der Waals surface area contributed by atoms with Gasteiger partial charge in [-0.05, 0) is 38.4 Å². The minimum Gasteiger partial charge on any atom is -0.507 e. The van der Waals surface area contributed by atoms with Gasteiger partial charge in [-0.2, -0.15) is 0 Å². The first-order valence-corrected chi connectivity index (χ1v) is 16.0. The molecular weight excluding hydrogens is 527 g/mol. The van der Waals surface area contributed by atoms with Gasteiger partial charge in [0, 0.05) is 28.7 Å². The zero-order chi connectivity index (χ0) is 27.0. The molecule has 0 aliphatic carbocycles. The first kappa shape index (κ1) is 28.8. The number of carboxylic acid groups (broad SMARTS) is 1. The molecule has 4 rings (SSSR count). The monoisotopic (exact) mass is 565 g/mol. The summed E-state index contributed by atoms with van der Waals surface area (Å²) in [4.78, 5) is 23.5. The summed E-state index contributed by atoms with van der Waals surface area (Å²) in [7, 11) is 2.05. The number of rotatable bonds is 10. The number of carboxylic acids is 1. The van der Waals surface area contributed by atoms with E-state index in [1.54, 1.807) is 24.8 Å². The third-order valence-electron chi connectivity index (χ3n) is 7.71. The third-order valence-corrected chi connectivity index (χ3v) is 11.9. The van der Waals surface area contributed by atoms with Gasteiger partial charge in [0.15, 0.2) is 5.54 Å². The van der Waals surface area contributed by atoms with Crippen molar-refractivity contribution in [3.63, 3.8) is 0 Å². The quantitative estimate of drug-likeness (QED) is 0.350. The van der Waals surface area contributed by atoms with E-state index >= 15 is 0 Å². The number of aliphatic hydroxyl groups excluding tert-OH is 1. The van der Waals surface area contributed by atoms with E-state index in [-0.39, 0.29) is 17.5 Å². The Kier molecular flexibility index (Phi) is 8.95. The van der Waals surface area contributed by atoms with Crippen LogP contribution in [0, 0.1) is 5.41 Å². The second-order valence-corrected chi connectivity index (χ2v) is 14.1. The maximum Gasteiger partial charge on any atom is 0.332 e. The molecule has 0 aromatic heterocycles. The van der Waals surface area contributed by atoms with Crippen LogP contribution in [0.1, 0.15) is 58.1 Å². The standard InChI is InChI=1S/C27H39N3O4S3/c1-6-7-8-10-16-11-9-12-19(31)20(16)22-28-17(13-35-22)23-30(5)18(14-36-23)21(32)26(2,3)24-29-27(4,15-37-24)25(33)34/h9,11-12,17-18,21,23,31-32H,6-8,10,13-15H2,1-5H3,(H,33,34)/t17-,18+,21+,23-,27-/m1/s1. The highest BCUT2D eigenvalue weighted by molar-refractivity contribution is 8.15. The number of phenolic OH excluding ortho intramolecular Hbond substituents is 1. The van der Waals surface area contributed by atoms with Crippen LogP contribution in [-0.4, -0.2) is 89.7 Å². The minimum atomic E-state index is -1.14. The van der Waals surface area contributed by atoms with E-state index in [1.807, 2.05) is 38.7 Å². The van der Waals surface area contributed by atoms with Crippen molar-refractivity contribution in [2.75, 3.05) is 24.3 Å². The Hall–Kier alpha value is -1.20. The fourth-order valence-corrected chi connectivity index (χ4v) is 9.39. The van der Waals surface area contributed by atoms with Crippen LogP contribution in [0.2, 0.25) is 0 Å². The molecule has 0 unspecified atom stereocenters. The van der Waals surface area contributed by atoms with E-state index in [0.717, 1.165) is 46.9 Å². The number of likely N-dealkylation sites (N-methyl/N-ethyl adjacent to an activating group) is 1. The molecule has 7 nitrogen and oxygen atoms in total. The predicted octanol–water partition coefficient (Wildman–Crippen LogP) is 4.74. The Labute approximate surface area is 233 Å². The molecule has 0 bridgehead atoms. The lowest BCUT2D eigenvalue weighted by atomic mass is 9.83. The van der Waals surface area contributed by atoms with Gasteiger partial charge >= 0.3 is 5.97 Å². The normalized spacial score (nSPS) is 29.4. The average Bonchev–Trinajstić information content (AvgIpc) is 3.58. The number of hydrogen-bond donors (Lipinski definition) is 3. The minimum absolute atomic E-state index is 0.0620. The van der Waals surface area contributed by atoms with Crippen LogP contribution in [0.25, 0.3) is 0 Å². The highest BCUT2D eigenvalue weighted by Gasteiger charge is 2.50. The van der Waals surface area contributed by atoms with E-state index in [9.17, 15) is 20.1 Å². The van der Waals surface area contributed by atoms with Crippen LogP contribution < -0.4 is 0 Å². The maximum atomic E-state index is 11.7. The van der Waals surface area contributed by atoms with Crippen LogP contribution in [0.5, 0.6) is 5.75 Å². The molecule has 0 saturated carbocycles. The van der Waals surface area contributed by atoms with Crippen molar-refractivity contribution in [1.29, 1.82) is 0 Å². The summed E-state index contributed by atoms with van der Waals surface area (Å²) >= 11 is 4.96. The van der Waals surface area contributed by atoms with Gasteiger partial charge in [0.1, 0.15) is 10.8 Å². The molecule has 5 atom stereocenters. The van der Waals surface area contributed by atoms with Crippen molar-refractivity contribution in [2.45, 2.75) is 82.5 Å². The third kappa shape index (κ3) is 5.73. The number of aryl methyl sites for hydroxylation is 1. The van der Waals surface area contributed by atoms with Crippen molar-refractivity contribution in [1.82, 2.24) is 4.90 Å². The van der Waals surface area contributed by atoms with Gasteiger partial charge in [0.2, 0.25) is 0 Å². The van der Waals surface area contributed by atoms with Gasteiger partial charge < -0.3 is 15.3 Å². The van der Waals surface area contributed by atoms with Crippen LogP contribution in [-0.2, 0) is 11.2 Å². The van der Waals surface area contributed by atoms with E-state index in [2.05, 4.69) is 22.9 Å². The molecule has 1 saturated heterocycles. The van der Waals surface area contributed by atoms with Crippen molar-refractivity contribution in [3.05, 3.63) is 29.3 Å². The Morgan fingerprint density at radius 3 is 2.70 bits per heavy atom. The molecule has 3 N–H and O–H groups in total. The largest absolute Gasteiger partial charge is 0.507 e. The van der Waals surface area contributed by atoms with Gasteiger partial charge in [-0.1, -0.05) is 45.7 Å². The van der Waals surface area contributed by atoms with Crippen LogP contribution in [0.15, 0.2) is 28.2 Å². The maximum absolute atomic E-state index is 11.7. The lowest BCUT2D eigenvalue weighted by Crippen LogP contribution is -2.51. The van der Waals surface area contributed by atoms with E-state index in [0.29, 0.717) is 16.5 Å². The SMILES string of the molecule is CCCCCc1cccc(O)c1C1=N[C@@H]([C@H]2SC[C@@H]([C@H](O)C(C)(C)C3=N[C@@](C)(C(=O)O)CS3)N2C)CS1. The number of unbranched alkanes of at least 4 members (excludes halogenated alkanes) is 2. The Morgan fingerprint density at radius 2 is 2.03 bits per heavy atom. The van der Waals surface area contributed by atoms with Crippen LogP contribution >= 0.6 is 35.3 Å². The molecule has 0 amide bonds. The Bertz CT molecular complexity index is 1080. The lowest BCUT2D eigenvalue weighted by Gasteiger charge is -2.38. The van der Waals surface area contributed by atoms with E-state index in [4.69, 9.17) is 4.99 Å². The number of carbonyl (C=O) groups is 1. The molecule has 0 spiro atoms. The lowest BCUT2D eigenvalue weighted by molar-refractivity contribution is -0.141. The number of hydrogen-bond acceptors (Lipinski definition) is 9. The van der Waals surface area contributed by atoms with E-state index < -0.39 is 23.0 Å². The van der Waals surface area contributed by atoms with E-state index in [1.165, 1.54) is 18.2 Å². The molecule has 1 fully saturated rings. The number of thioether (sulfide) groups is 3. The molecule has 3 aliphatic rings. The first-order valence-electron chi connectivity index (χ1n) is 13.0. The van der Waals surface area contributed by atoms with Gasteiger partial charge in [-0.25, -0.2) is 4.79 Å². The zero-order valence-corrected chi connectivity index (χ0v) is 24.8. The number of aliphatic imine (C=N–C) groups is 2. The van der Waals surface area contributed by atoms with Gasteiger partial charge in [0.25, 0.3) is 0 Å². The Balaban J connectivity index is 1.48. The predicted molar refractivity (Wildman–Crippen MR) is 158 cm³/mol. The molecule has 37 heavy (non-hydrogen) atoms. The highest BCUT2D eigenvalue weighted by atomic mass is 32.2. The van der Waals surface area contributed by atoms with Gasteiger partial charge in [0.05, 0.1) is 28.1 Å². The molecule has 1 aromatic carbocycles.